The summed E-state index contributed by atoms with van der Waals surface area (Å²) in [5.41, 5.74) is 0. The molecule has 0 aromatic rings. The average Bonchev–Trinajstić information content (AvgIpc) is 2.53. The van der Waals surface area contributed by atoms with Crippen LogP contribution < -0.4 is 0 Å². The van der Waals surface area contributed by atoms with Crippen LogP contribution in [0.2, 0.25) is 0 Å². The van der Waals surface area contributed by atoms with Crippen LogP contribution in [-0.4, -0.2) is 30.7 Å². The van der Waals surface area contributed by atoms with Crippen LogP contribution in [0.5, 0.6) is 0 Å². The zero-order chi connectivity index (χ0) is 8.81. The van der Waals surface area contributed by atoms with E-state index in [2.05, 4.69) is 6.92 Å². The Morgan fingerprint density at radius 1 is 1.42 bits per heavy atom. The van der Waals surface area contributed by atoms with Crippen LogP contribution in [0.3, 0.4) is 0 Å². The van der Waals surface area contributed by atoms with E-state index in [-0.39, 0.29) is 19.0 Å². The molecule has 0 spiro atoms. The molecule has 1 heterocycles. The fraction of sp³-hybridized carbons (Fsp3) is 1.00. The molecular weight excluding hydrogens is 156 g/mol. The molecule has 0 aliphatic carbocycles. The maximum Gasteiger partial charge on any atom is 0.158 e. The lowest BCUT2D eigenvalue weighted by Crippen LogP contribution is -2.16. The molecule has 0 bridgehead atoms. The van der Waals surface area contributed by atoms with Crippen molar-refractivity contribution in [3.05, 3.63) is 0 Å². The van der Waals surface area contributed by atoms with Gasteiger partial charge in [0.15, 0.2) is 6.29 Å². The molecule has 72 valence electrons. The van der Waals surface area contributed by atoms with E-state index in [9.17, 15) is 0 Å². The van der Waals surface area contributed by atoms with Crippen LogP contribution in [0.1, 0.15) is 32.6 Å². The van der Waals surface area contributed by atoms with E-state index in [4.69, 9.17) is 14.6 Å². The summed E-state index contributed by atoms with van der Waals surface area (Å²) in [5.74, 6) is 0. The molecule has 0 unspecified atom stereocenters. The Hall–Kier alpha value is -0.120. The standard InChI is InChI=1S/C9H18O3/c1-2-3-4-5-9-11-7-8(6-10)12-9/h8-10H,2-7H2,1H3/t8-,9-/m1/s1. The van der Waals surface area contributed by atoms with E-state index in [1.807, 2.05) is 0 Å². The summed E-state index contributed by atoms with van der Waals surface area (Å²) in [7, 11) is 0. The second-order valence-electron chi connectivity index (χ2n) is 3.20. The minimum atomic E-state index is -0.0865. The van der Waals surface area contributed by atoms with Crippen LogP contribution in [-0.2, 0) is 9.47 Å². The molecule has 3 nitrogen and oxygen atoms in total. The van der Waals surface area contributed by atoms with Crippen molar-refractivity contribution in [1.29, 1.82) is 0 Å². The number of hydrogen-bond acceptors (Lipinski definition) is 3. The molecule has 1 aliphatic rings. The number of hydrogen-bond donors (Lipinski definition) is 1. The maximum absolute atomic E-state index is 8.75. The first-order chi connectivity index (χ1) is 5.86. The number of rotatable bonds is 5. The van der Waals surface area contributed by atoms with Crippen molar-refractivity contribution in [2.24, 2.45) is 0 Å². The van der Waals surface area contributed by atoms with Crippen LogP contribution in [0.4, 0.5) is 0 Å². The Kier molecular flexibility index (Phi) is 4.58. The molecule has 12 heavy (non-hydrogen) atoms. The summed E-state index contributed by atoms with van der Waals surface area (Å²) in [5, 5.41) is 8.75. The van der Waals surface area contributed by atoms with Crippen molar-refractivity contribution in [3.8, 4) is 0 Å². The zero-order valence-electron chi connectivity index (χ0n) is 7.66. The fourth-order valence-electron chi connectivity index (χ4n) is 1.32. The van der Waals surface area contributed by atoms with Crippen LogP contribution in [0.15, 0.2) is 0 Å². The Morgan fingerprint density at radius 2 is 2.25 bits per heavy atom. The number of unbranched alkanes of at least 4 members (excludes halogenated alkanes) is 2. The lowest BCUT2D eigenvalue weighted by atomic mass is 10.2. The monoisotopic (exact) mass is 174 g/mol. The van der Waals surface area contributed by atoms with Gasteiger partial charge in [-0.2, -0.15) is 0 Å². The van der Waals surface area contributed by atoms with Gasteiger partial charge in [0.2, 0.25) is 0 Å². The number of ether oxygens (including phenoxy) is 2. The molecule has 1 N–H and O–H groups in total. The van der Waals surface area contributed by atoms with E-state index in [1.54, 1.807) is 0 Å². The van der Waals surface area contributed by atoms with Gasteiger partial charge >= 0.3 is 0 Å². The molecule has 1 saturated heterocycles. The first-order valence-corrected chi connectivity index (χ1v) is 4.74. The summed E-state index contributed by atoms with van der Waals surface area (Å²) < 4.78 is 10.7. The lowest BCUT2D eigenvalue weighted by Gasteiger charge is -2.08. The lowest BCUT2D eigenvalue weighted by molar-refractivity contribution is -0.0701. The van der Waals surface area contributed by atoms with Crippen molar-refractivity contribution in [2.45, 2.75) is 45.0 Å². The third-order valence-corrected chi connectivity index (χ3v) is 2.06. The summed E-state index contributed by atoms with van der Waals surface area (Å²) in [4.78, 5) is 0. The molecule has 3 heteroatoms. The molecule has 1 fully saturated rings. The first-order valence-electron chi connectivity index (χ1n) is 4.74. The van der Waals surface area contributed by atoms with Crippen LogP contribution in [0.25, 0.3) is 0 Å². The van der Waals surface area contributed by atoms with Gasteiger partial charge < -0.3 is 14.6 Å². The van der Waals surface area contributed by atoms with Gasteiger partial charge in [0, 0.05) is 0 Å². The molecule has 0 aromatic heterocycles. The predicted octanol–water partition coefficient (Wildman–Crippen LogP) is 1.30. The molecule has 0 aromatic carbocycles. The van der Waals surface area contributed by atoms with E-state index in [0.717, 1.165) is 12.8 Å². The number of aliphatic hydroxyl groups is 1. The van der Waals surface area contributed by atoms with Crippen molar-refractivity contribution in [3.63, 3.8) is 0 Å². The van der Waals surface area contributed by atoms with Crippen LogP contribution >= 0.6 is 0 Å². The van der Waals surface area contributed by atoms with Gasteiger partial charge in [0.1, 0.15) is 6.10 Å². The van der Waals surface area contributed by atoms with Gasteiger partial charge in [-0.25, -0.2) is 0 Å². The Balaban J connectivity index is 2.03. The van der Waals surface area contributed by atoms with Gasteiger partial charge in [0.05, 0.1) is 13.2 Å². The highest BCUT2D eigenvalue weighted by molar-refractivity contribution is 4.63. The highest BCUT2D eigenvalue weighted by atomic mass is 16.7. The fourth-order valence-corrected chi connectivity index (χ4v) is 1.32. The minimum Gasteiger partial charge on any atom is -0.394 e. The topological polar surface area (TPSA) is 38.7 Å². The Bertz CT molecular complexity index is 116. The van der Waals surface area contributed by atoms with Crippen LogP contribution in [0, 0.1) is 0 Å². The largest absolute Gasteiger partial charge is 0.394 e. The highest BCUT2D eigenvalue weighted by Crippen LogP contribution is 2.16. The number of aliphatic hydroxyl groups excluding tert-OH is 1. The third-order valence-electron chi connectivity index (χ3n) is 2.06. The minimum absolute atomic E-state index is 0.0614. The summed E-state index contributed by atoms with van der Waals surface area (Å²) >= 11 is 0. The van der Waals surface area contributed by atoms with Crippen molar-refractivity contribution in [2.75, 3.05) is 13.2 Å². The predicted molar refractivity (Wildman–Crippen MR) is 45.8 cm³/mol. The van der Waals surface area contributed by atoms with Gasteiger partial charge in [-0.15, -0.1) is 0 Å². The van der Waals surface area contributed by atoms with E-state index in [1.165, 1.54) is 12.8 Å². The third kappa shape index (κ3) is 3.09. The van der Waals surface area contributed by atoms with Crippen molar-refractivity contribution < 1.29 is 14.6 Å². The smallest absolute Gasteiger partial charge is 0.158 e. The van der Waals surface area contributed by atoms with E-state index >= 15 is 0 Å². The normalized spacial score (nSPS) is 29.5. The van der Waals surface area contributed by atoms with Gasteiger partial charge in [0.25, 0.3) is 0 Å². The quantitative estimate of drug-likeness (QED) is 0.638. The van der Waals surface area contributed by atoms with E-state index in [0.29, 0.717) is 6.61 Å². The second-order valence-corrected chi connectivity index (χ2v) is 3.20. The molecule has 0 amide bonds. The molecule has 2 atom stereocenters. The van der Waals surface area contributed by atoms with E-state index < -0.39 is 0 Å². The summed E-state index contributed by atoms with van der Waals surface area (Å²) in [6, 6.07) is 0. The average molecular weight is 174 g/mol. The van der Waals surface area contributed by atoms with Crippen molar-refractivity contribution in [1.82, 2.24) is 0 Å². The second kappa shape index (κ2) is 5.51. The SMILES string of the molecule is CCCCC[C@@H]1OC[C@@H](CO)O1. The summed E-state index contributed by atoms with van der Waals surface area (Å²) in [6.45, 7) is 2.80. The Labute approximate surface area is 73.7 Å². The van der Waals surface area contributed by atoms with Gasteiger partial charge in [-0.05, 0) is 12.8 Å². The van der Waals surface area contributed by atoms with Crippen molar-refractivity contribution >= 4 is 0 Å². The molecule has 1 aliphatic heterocycles. The maximum atomic E-state index is 8.75. The Morgan fingerprint density at radius 3 is 2.83 bits per heavy atom. The molecule has 0 saturated carbocycles. The first kappa shape index (κ1) is 9.96. The highest BCUT2D eigenvalue weighted by Gasteiger charge is 2.24. The zero-order valence-corrected chi connectivity index (χ0v) is 7.66. The molecular formula is C9H18O3. The van der Waals surface area contributed by atoms with Gasteiger partial charge in [-0.1, -0.05) is 19.8 Å². The van der Waals surface area contributed by atoms with Gasteiger partial charge in [-0.3, -0.25) is 0 Å². The summed E-state index contributed by atoms with van der Waals surface area (Å²) in [6.07, 6.45) is 4.41. The molecule has 0 radical (unpaired) electrons. The molecule has 1 rings (SSSR count).